The van der Waals surface area contributed by atoms with Crippen molar-refractivity contribution in [1.82, 2.24) is 0 Å². The van der Waals surface area contributed by atoms with Gasteiger partial charge in [0.15, 0.2) is 0 Å². The van der Waals surface area contributed by atoms with Crippen LogP contribution in [0.15, 0.2) is 12.1 Å². The smallest absolute Gasteiger partial charge is 0.309 e. The van der Waals surface area contributed by atoms with Crippen LogP contribution in [0.25, 0.3) is 0 Å². The summed E-state index contributed by atoms with van der Waals surface area (Å²) in [4.78, 5) is 20.5. The van der Waals surface area contributed by atoms with Gasteiger partial charge in [0.25, 0.3) is 0 Å². The Morgan fingerprint density at radius 1 is 1.62 bits per heavy atom. The molecule has 0 saturated carbocycles. The van der Waals surface area contributed by atoms with Crippen LogP contribution in [0.2, 0.25) is 5.02 Å². The zero-order valence-electron chi connectivity index (χ0n) is 8.20. The van der Waals surface area contributed by atoms with Gasteiger partial charge in [0.1, 0.15) is 0 Å². The average molecular weight is 248 g/mol. The summed E-state index contributed by atoms with van der Waals surface area (Å²) in [7, 11) is 1.18. The van der Waals surface area contributed by atoms with Gasteiger partial charge in [0.05, 0.1) is 23.5 Å². The SMILES string of the molecule is COC(=O)Cc1cc(Cl)c(F)c([N+](=O)[O-])c1. The van der Waals surface area contributed by atoms with Gasteiger partial charge in [-0.3, -0.25) is 14.9 Å². The average Bonchev–Trinajstić information content (AvgIpc) is 2.22. The number of rotatable bonds is 3. The van der Waals surface area contributed by atoms with E-state index in [2.05, 4.69) is 4.74 Å². The minimum atomic E-state index is -1.11. The van der Waals surface area contributed by atoms with Gasteiger partial charge >= 0.3 is 11.7 Å². The van der Waals surface area contributed by atoms with E-state index in [0.717, 1.165) is 12.1 Å². The molecule has 0 saturated heterocycles. The third kappa shape index (κ3) is 2.66. The Balaban J connectivity index is 3.14. The second kappa shape index (κ2) is 4.89. The summed E-state index contributed by atoms with van der Waals surface area (Å²) in [5.74, 6) is -1.70. The summed E-state index contributed by atoms with van der Waals surface area (Å²) in [5.41, 5.74) is -0.531. The highest BCUT2D eigenvalue weighted by Gasteiger charge is 2.19. The molecule has 86 valence electrons. The molecule has 1 aromatic rings. The van der Waals surface area contributed by atoms with Crippen molar-refractivity contribution in [3.63, 3.8) is 0 Å². The van der Waals surface area contributed by atoms with E-state index in [9.17, 15) is 19.3 Å². The number of hydrogen-bond donors (Lipinski definition) is 0. The van der Waals surface area contributed by atoms with E-state index in [0.29, 0.717) is 0 Å². The molecular formula is C9H7ClFNO4. The standard InChI is InChI=1S/C9H7ClFNO4/c1-16-8(13)4-5-2-6(10)9(11)7(3-5)12(14)15/h2-3H,4H2,1H3. The maximum Gasteiger partial charge on any atom is 0.309 e. The van der Waals surface area contributed by atoms with Gasteiger partial charge in [-0.2, -0.15) is 4.39 Å². The van der Waals surface area contributed by atoms with E-state index in [-0.39, 0.29) is 12.0 Å². The molecule has 0 bridgehead atoms. The molecule has 5 nitrogen and oxygen atoms in total. The van der Waals surface area contributed by atoms with Crippen molar-refractivity contribution in [3.8, 4) is 0 Å². The van der Waals surface area contributed by atoms with Crippen LogP contribution in [0.3, 0.4) is 0 Å². The van der Waals surface area contributed by atoms with Crippen molar-refractivity contribution in [3.05, 3.63) is 38.7 Å². The summed E-state index contributed by atoms with van der Waals surface area (Å²) in [6.45, 7) is 0. The first-order valence-corrected chi connectivity index (χ1v) is 4.52. The molecule has 0 amide bonds. The van der Waals surface area contributed by atoms with Crippen LogP contribution >= 0.6 is 11.6 Å². The van der Waals surface area contributed by atoms with Crippen molar-refractivity contribution in [2.75, 3.05) is 7.11 Å². The van der Waals surface area contributed by atoms with Crippen molar-refractivity contribution in [1.29, 1.82) is 0 Å². The molecule has 0 radical (unpaired) electrons. The zero-order chi connectivity index (χ0) is 12.3. The number of hydrogen-bond acceptors (Lipinski definition) is 4. The fourth-order valence-electron chi connectivity index (χ4n) is 1.10. The highest BCUT2D eigenvalue weighted by molar-refractivity contribution is 6.31. The fourth-order valence-corrected chi connectivity index (χ4v) is 1.34. The van der Waals surface area contributed by atoms with Gasteiger partial charge < -0.3 is 4.74 Å². The molecule has 1 aromatic carbocycles. The minimum Gasteiger partial charge on any atom is -0.469 e. The van der Waals surface area contributed by atoms with Crippen LogP contribution < -0.4 is 0 Å². The Bertz CT molecular complexity index is 449. The summed E-state index contributed by atoms with van der Waals surface area (Å²) in [6.07, 6.45) is -0.197. The highest BCUT2D eigenvalue weighted by atomic mass is 35.5. The third-order valence-electron chi connectivity index (χ3n) is 1.84. The summed E-state index contributed by atoms with van der Waals surface area (Å²) in [5, 5.41) is 10.1. The molecule has 0 aliphatic rings. The van der Waals surface area contributed by atoms with Gasteiger partial charge in [-0.05, 0) is 11.6 Å². The molecule has 1 rings (SSSR count). The number of nitro benzene ring substituents is 1. The maximum absolute atomic E-state index is 13.2. The molecule has 0 aromatic heterocycles. The van der Waals surface area contributed by atoms with Gasteiger partial charge in [-0.25, -0.2) is 0 Å². The quantitative estimate of drug-likeness (QED) is 0.466. The number of benzene rings is 1. The fraction of sp³-hybridized carbons (Fsp3) is 0.222. The first-order chi connectivity index (χ1) is 7.45. The van der Waals surface area contributed by atoms with Crippen molar-refractivity contribution >= 4 is 23.3 Å². The summed E-state index contributed by atoms with van der Waals surface area (Å²) >= 11 is 5.46. The van der Waals surface area contributed by atoms with E-state index in [1.807, 2.05) is 0 Å². The summed E-state index contributed by atoms with van der Waals surface area (Å²) in [6, 6.07) is 2.11. The number of nitro groups is 1. The first-order valence-electron chi connectivity index (χ1n) is 4.15. The molecule has 0 spiro atoms. The number of nitrogens with zero attached hydrogens (tertiary/aromatic N) is 1. The van der Waals surface area contributed by atoms with Crippen molar-refractivity contribution < 1.29 is 18.8 Å². The van der Waals surface area contributed by atoms with Gasteiger partial charge in [0, 0.05) is 6.07 Å². The Hall–Kier alpha value is -1.69. The number of carbonyl (C=O) groups is 1. The number of carbonyl (C=O) groups excluding carboxylic acids is 1. The Morgan fingerprint density at radius 3 is 2.75 bits per heavy atom. The van der Waals surface area contributed by atoms with E-state index < -0.39 is 27.4 Å². The maximum atomic E-state index is 13.2. The lowest BCUT2D eigenvalue weighted by Crippen LogP contribution is -2.05. The topological polar surface area (TPSA) is 69.4 Å². The van der Waals surface area contributed by atoms with E-state index in [1.165, 1.54) is 7.11 Å². The molecule has 0 atom stereocenters. The number of halogens is 2. The van der Waals surface area contributed by atoms with Crippen LogP contribution in [0.1, 0.15) is 5.56 Å². The predicted molar refractivity (Wildman–Crippen MR) is 53.8 cm³/mol. The lowest BCUT2D eigenvalue weighted by atomic mass is 10.1. The van der Waals surface area contributed by atoms with Crippen molar-refractivity contribution in [2.45, 2.75) is 6.42 Å². The molecule has 16 heavy (non-hydrogen) atoms. The first kappa shape index (κ1) is 12.4. The van der Waals surface area contributed by atoms with Crippen LogP contribution in [-0.2, 0) is 16.0 Å². The Morgan fingerprint density at radius 2 is 2.25 bits per heavy atom. The Labute approximate surface area is 94.9 Å². The number of esters is 1. The normalized spacial score (nSPS) is 9.94. The van der Waals surface area contributed by atoms with Crippen LogP contribution in [0.5, 0.6) is 0 Å². The molecule has 0 N–H and O–H groups in total. The molecule has 0 aliphatic heterocycles. The van der Waals surface area contributed by atoms with Gasteiger partial charge in [-0.15, -0.1) is 0 Å². The van der Waals surface area contributed by atoms with Crippen LogP contribution in [0.4, 0.5) is 10.1 Å². The second-order valence-corrected chi connectivity index (χ2v) is 3.33. The second-order valence-electron chi connectivity index (χ2n) is 2.92. The molecule has 0 heterocycles. The van der Waals surface area contributed by atoms with Gasteiger partial charge in [0.2, 0.25) is 5.82 Å². The molecule has 0 aliphatic carbocycles. The molecule has 0 unspecified atom stereocenters. The van der Waals surface area contributed by atoms with E-state index in [4.69, 9.17) is 11.6 Å². The highest BCUT2D eigenvalue weighted by Crippen LogP contribution is 2.26. The minimum absolute atomic E-state index is 0.197. The Kier molecular flexibility index (Phi) is 3.78. The lowest BCUT2D eigenvalue weighted by molar-refractivity contribution is -0.387. The zero-order valence-corrected chi connectivity index (χ0v) is 8.95. The lowest BCUT2D eigenvalue weighted by Gasteiger charge is -2.02. The predicted octanol–water partition coefficient (Wildman–Crippen LogP) is 2.10. The van der Waals surface area contributed by atoms with Gasteiger partial charge in [-0.1, -0.05) is 11.6 Å². The van der Waals surface area contributed by atoms with Crippen LogP contribution in [0, 0.1) is 15.9 Å². The van der Waals surface area contributed by atoms with Crippen molar-refractivity contribution in [2.24, 2.45) is 0 Å². The largest absolute Gasteiger partial charge is 0.469 e. The third-order valence-corrected chi connectivity index (χ3v) is 2.12. The molecule has 0 fully saturated rings. The number of ether oxygens (including phenoxy) is 1. The monoisotopic (exact) mass is 247 g/mol. The molecule has 7 heteroatoms. The molecular weight excluding hydrogens is 241 g/mol. The number of methoxy groups -OCH3 is 1. The van der Waals surface area contributed by atoms with E-state index >= 15 is 0 Å². The van der Waals surface area contributed by atoms with E-state index in [1.54, 1.807) is 0 Å². The van der Waals surface area contributed by atoms with Crippen LogP contribution in [-0.4, -0.2) is 18.0 Å². The summed E-state index contributed by atoms with van der Waals surface area (Å²) < 4.78 is 17.5.